The van der Waals surface area contributed by atoms with E-state index in [-0.39, 0.29) is 28.2 Å². The van der Waals surface area contributed by atoms with Crippen LogP contribution < -0.4 is 5.73 Å². The molecule has 0 aliphatic rings. The molecule has 0 aliphatic heterocycles. The molecule has 0 saturated heterocycles. The zero-order valence-electron chi connectivity index (χ0n) is 9.02. The Hall–Kier alpha value is -0.700. The lowest BCUT2D eigenvalue weighted by Crippen LogP contribution is -2.30. The summed E-state index contributed by atoms with van der Waals surface area (Å²) in [5.74, 6) is -0.633. The molecular formula is C9H12BrFN2O3S. The van der Waals surface area contributed by atoms with Crippen molar-refractivity contribution in [2.24, 2.45) is 0 Å². The molecule has 0 unspecified atom stereocenters. The van der Waals surface area contributed by atoms with Crippen molar-refractivity contribution in [3.63, 3.8) is 0 Å². The zero-order chi connectivity index (χ0) is 13.2. The maximum Gasteiger partial charge on any atom is 0.244 e. The first-order valence-corrected chi connectivity index (χ1v) is 6.85. The third kappa shape index (κ3) is 2.95. The van der Waals surface area contributed by atoms with Crippen molar-refractivity contribution in [3.05, 3.63) is 22.4 Å². The number of likely N-dealkylation sites (N-methyl/N-ethyl adjacent to an activating group) is 1. The second-order valence-electron chi connectivity index (χ2n) is 3.35. The lowest BCUT2D eigenvalue weighted by molar-refractivity contribution is 0.266. The van der Waals surface area contributed by atoms with Crippen molar-refractivity contribution < 1.29 is 17.9 Å². The third-order valence-electron chi connectivity index (χ3n) is 2.16. The molecule has 0 aliphatic carbocycles. The smallest absolute Gasteiger partial charge is 0.244 e. The van der Waals surface area contributed by atoms with Gasteiger partial charge in [0.1, 0.15) is 10.7 Å². The van der Waals surface area contributed by atoms with Gasteiger partial charge in [-0.05, 0) is 28.1 Å². The molecule has 0 bridgehead atoms. The fourth-order valence-electron chi connectivity index (χ4n) is 1.20. The second kappa shape index (κ2) is 5.30. The summed E-state index contributed by atoms with van der Waals surface area (Å²) in [6.07, 6.45) is 0. The molecule has 5 nitrogen and oxygen atoms in total. The van der Waals surface area contributed by atoms with Crippen LogP contribution in [0.15, 0.2) is 21.5 Å². The molecule has 0 atom stereocenters. The van der Waals surface area contributed by atoms with Crippen LogP contribution >= 0.6 is 15.9 Å². The van der Waals surface area contributed by atoms with E-state index >= 15 is 0 Å². The number of nitrogens with zero attached hydrogens (tertiary/aromatic N) is 1. The van der Waals surface area contributed by atoms with Gasteiger partial charge in [-0.25, -0.2) is 12.8 Å². The number of sulfonamides is 1. The molecule has 1 aromatic carbocycles. The number of rotatable bonds is 4. The summed E-state index contributed by atoms with van der Waals surface area (Å²) in [4.78, 5) is -0.193. The van der Waals surface area contributed by atoms with Gasteiger partial charge in [0, 0.05) is 13.6 Å². The van der Waals surface area contributed by atoms with E-state index in [1.54, 1.807) is 0 Å². The van der Waals surface area contributed by atoms with Gasteiger partial charge in [-0.15, -0.1) is 0 Å². The first kappa shape index (κ1) is 14.4. The van der Waals surface area contributed by atoms with Gasteiger partial charge in [0.05, 0.1) is 16.8 Å². The molecule has 3 N–H and O–H groups in total. The Morgan fingerprint density at radius 2 is 2.12 bits per heavy atom. The number of nitrogens with two attached hydrogens (primary N) is 1. The maximum absolute atomic E-state index is 13.1. The van der Waals surface area contributed by atoms with Crippen LogP contribution in [0.5, 0.6) is 0 Å². The first-order valence-electron chi connectivity index (χ1n) is 4.62. The largest absolute Gasteiger partial charge is 0.398 e. The highest BCUT2D eigenvalue weighted by Gasteiger charge is 2.24. The summed E-state index contributed by atoms with van der Waals surface area (Å²) in [6.45, 7) is -0.366. The van der Waals surface area contributed by atoms with Gasteiger partial charge >= 0.3 is 0 Å². The van der Waals surface area contributed by atoms with E-state index in [1.165, 1.54) is 7.05 Å². The monoisotopic (exact) mass is 326 g/mol. The molecular weight excluding hydrogens is 315 g/mol. The normalized spacial score (nSPS) is 12.1. The summed E-state index contributed by atoms with van der Waals surface area (Å²) in [5, 5.41) is 8.71. The van der Waals surface area contributed by atoms with Gasteiger partial charge in [0.2, 0.25) is 10.0 Å². The fraction of sp³-hybridized carbons (Fsp3) is 0.333. The van der Waals surface area contributed by atoms with Crippen molar-refractivity contribution in [3.8, 4) is 0 Å². The topological polar surface area (TPSA) is 83.6 Å². The van der Waals surface area contributed by atoms with Crippen LogP contribution in [0, 0.1) is 5.82 Å². The Morgan fingerprint density at radius 3 is 2.65 bits per heavy atom. The van der Waals surface area contributed by atoms with Crippen LogP contribution in [0.4, 0.5) is 10.1 Å². The predicted octanol–water partition coefficient (Wildman–Crippen LogP) is 0.783. The van der Waals surface area contributed by atoms with Crippen LogP contribution in [-0.4, -0.2) is 38.0 Å². The molecule has 17 heavy (non-hydrogen) atoms. The lowest BCUT2D eigenvalue weighted by Gasteiger charge is -2.17. The third-order valence-corrected chi connectivity index (χ3v) is 4.68. The maximum atomic E-state index is 13.1. The minimum Gasteiger partial charge on any atom is -0.398 e. The molecule has 0 amide bonds. The Bertz CT molecular complexity index is 521. The first-order chi connectivity index (χ1) is 7.80. The minimum absolute atomic E-state index is 0.0164. The van der Waals surface area contributed by atoms with E-state index in [2.05, 4.69) is 15.9 Å². The number of benzene rings is 1. The number of aliphatic hydroxyl groups is 1. The number of halogens is 2. The summed E-state index contributed by atoms with van der Waals surface area (Å²) in [5.41, 5.74) is 5.31. The van der Waals surface area contributed by atoms with E-state index in [0.29, 0.717) is 0 Å². The predicted molar refractivity (Wildman–Crippen MR) is 65.4 cm³/mol. The molecule has 0 spiro atoms. The van der Waals surface area contributed by atoms with Crippen molar-refractivity contribution in [2.75, 3.05) is 25.9 Å². The molecule has 8 heteroatoms. The lowest BCUT2D eigenvalue weighted by atomic mass is 10.3. The van der Waals surface area contributed by atoms with Crippen LogP contribution in [0.3, 0.4) is 0 Å². The minimum atomic E-state index is -3.82. The van der Waals surface area contributed by atoms with Crippen LogP contribution in [-0.2, 0) is 10.0 Å². The van der Waals surface area contributed by atoms with Crippen LogP contribution in [0.25, 0.3) is 0 Å². The number of nitrogen functional groups attached to an aromatic ring is 1. The molecule has 1 rings (SSSR count). The molecule has 0 aromatic heterocycles. The standard InChI is InChI=1S/C9H12BrFN2O3S/c1-13(2-3-14)17(15,16)9-4-6(10)7(11)5-8(9)12/h4-5,14H,2-3,12H2,1H3. The summed E-state index contributed by atoms with van der Waals surface area (Å²) in [7, 11) is -2.51. The number of hydrogen-bond donors (Lipinski definition) is 2. The Labute approximate surface area is 107 Å². The number of anilines is 1. The van der Waals surface area contributed by atoms with Gasteiger partial charge in [-0.3, -0.25) is 0 Å². The Kier molecular flexibility index (Phi) is 4.48. The van der Waals surface area contributed by atoms with E-state index in [0.717, 1.165) is 16.4 Å². The van der Waals surface area contributed by atoms with Crippen molar-refractivity contribution in [1.29, 1.82) is 0 Å². The van der Waals surface area contributed by atoms with Crippen LogP contribution in [0.1, 0.15) is 0 Å². The SMILES string of the molecule is CN(CCO)S(=O)(=O)c1cc(Br)c(F)cc1N. The van der Waals surface area contributed by atoms with Crippen molar-refractivity contribution in [2.45, 2.75) is 4.90 Å². The summed E-state index contributed by atoms with van der Waals surface area (Å²) in [6, 6.07) is 2.04. The number of hydrogen-bond acceptors (Lipinski definition) is 4. The summed E-state index contributed by atoms with van der Waals surface area (Å²) >= 11 is 2.90. The van der Waals surface area contributed by atoms with Gasteiger partial charge in [-0.1, -0.05) is 0 Å². The highest BCUT2D eigenvalue weighted by atomic mass is 79.9. The van der Waals surface area contributed by atoms with E-state index in [4.69, 9.17) is 10.8 Å². The van der Waals surface area contributed by atoms with Gasteiger partial charge < -0.3 is 10.8 Å². The Balaban J connectivity index is 3.29. The number of aliphatic hydroxyl groups excluding tert-OH is 1. The van der Waals surface area contributed by atoms with Crippen molar-refractivity contribution >= 4 is 31.6 Å². The average Bonchev–Trinajstić information content (AvgIpc) is 2.23. The second-order valence-corrected chi connectivity index (χ2v) is 6.22. The van der Waals surface area contributed by atoms with E-state index in [1.807, 2.05) is 0 Å². The van der Waals surface area contributed by atoms with Gasteiger partial charge in [0.25, 0.3) is 0 Å². The molecule has 1 aromatic rings. The molecule has 0 fully saturated rings. The van der Waals surface area contributed by atoms with Gasteiger partial charge in [0.15, 0.2) is 0 Å². The summed E-state index contributed by atoms with van der Waals surface area (Å²) < 4.78 is 38.1. The fourth-order valence-corrected chi connectivity index (χ4v) is 2.97. The molecule has 0 saturated carbocycles. The highest BCUT2D eigenvalue weighted by Crippen LogP contribution is 2.27. The molecule has 0 radical (unpaired) electrons. The molecule has 0 heterocycles. The average molecular weight is 327 g/mol. The van der Waals surface area contributed by atoms with E-state index in [9.17, 15) is 12.8 Å². The molecule has 96 valence electrons. The van der Waals surface area contributed by atoms with Gasteiger partial charge in [-0.2, -0.15) is 4.31 Å². The Morgan fingerprint density at radius 1 is 1.53 bits per heavy atom. The highest BCUT2D eigenvalue weighted by molar-refractivity contribution is 9.10. The van der Waals surface area contributed by atoms with Crippen molar-refractivity contribution in [1.82, 2.24) is 4.31 Å². The quantitative estimate of drug-likeness (QED) is 0.801. The van der Waals surface area contributed by atoms with Crippen LogP contribution in [0.2, 0.25) is 0 Å². The zero-order valence-corrected chi connectivity index (χ0v) is 11.4. The van der Waals surface area contributed by atoms with E-state index < -0.39 is 15.8 Å².